The lowest BCUT2D eigenvalue weighted by Crippen LogP contribution is -2.26. The summed E-state index contributed by atoms with van der Waals surface area (Å²) in [6.45, 7) is 5.75. The summed E-state index contributed by atoms with van der Waals surface area (Å²) >= 11 is 0. The monoisotopic (exact) mass is 345 g/mol. The molecular weight excluding hydrogens is 322 g/mol. The van der Waals surface area contributed by atoms with Gasteiger partial charge in [-0.3, -0.25) is 4.79 Å². The molecule has 0 saturated heterocycles. The molecule has 4 nitrogen and oxygen atoms in total. The first-order valence-corrected chi connectivity index (χ1v) is 9.53. The minimum absolute atomic E-state index is 0.0906. The van der Waals surface area contributed by atoms with Crippen molar-refractivity contribution in [3.05, 3.63) is 65.2 Å². The van der Waals surface area contributed by atoms with E-state index in [0.717, 1.165) is 11.1 Å². The predicted molar refractivity (Wildman–Crippen MR) is 96.0 cm³/mol. The van der Waals surface area contributed by atoms with Crippen molar-refractivity contribution in [2.75, 3.05) is 6.54 Å². The molecule has 0 aliphatic rings. The summed E-state index contributed by atoms with van der Waals surface area (Å²) in [4.78, 5) is 12.5. The third kappa shape index (κ3) is 4.23. The van der Waals surface area contributed by atoms with Gasteiger partial charge in [-0.25, -0.2) is 8.42 Å². The van der Waals surface area contributed by atoms with Crippen LogP contribution < -0.4 is 5.32 Å². The van der Waals surface area contributed by atoms with E-state index >= 15 is 0 Å². The zero-order valence-corrected chi connectivity index (χ0v) is 15.1. The van der Waals surface area contributed by atoms with E-state index in [2.05, 4.69) is 5.32 Å². The van der Waals surface area contributed by atoms with Gasteiger partial charge < -0.3 is 5.32 Å². The van der Waals surface area contributed by atoms with E-state index in [4.69, 9.17) is 0 Å². The molecule has 0 fully saturated rings. The first-order valence-electron chi connectivity index (χ1n) is 7.99. The molecule has 0 spiro atoms. The molecule has 1 N–H and O–H groups in total. The summed E-state index contributed by atoms with van der Waals surface area (Å²) in [5, 5.41) is 2.46. The quantitative estimate of drug-likeness (QED) is 0.875. The Hall–Kier alpha value is -2.14. The fourth-order valence-corrected chi connectivity index (χ4v) is 3.42. The van der Waals surface area contributed by atoms with Crippen LogP contribution in [0.4, 0.5) is 0 Å². The number of carbonyl (C=O) groups is 1. The number of hydrogen-bond acceptors (Lipinski definition) is 3. The summed E-state index contributed by atoms with van der Waals surface area (Å²) in [6.07, 6.45) is 0.652. The highest BCUT2D eigenvalue weighted by atomic mass is 32.2. The Bertz CT molecular complexity index is 809. The van der Waals surface area contributed by atoms with E-state index in [1.54, 1.807) is 44.2 Å². The van der Waals surface area contributed by atoms with Gasteiger partial charge in [-0.05, 0) is 56.5 Å². The van der Waals surface area contributed by atoms with Gasteiger partial charge >= 0.3 is 0 Å². The van der Waals surface area contributed by atoms with Crippen LogP contribution in [0.15, 0.2) is 53.4 Å². The van der Waals surface area contributed by atoms with Crippen molar-refractivity contribution in [2.24, 2.45) is 0 Å². The summed E-state index contributed by atoms with van der Waals surface area (Å²) in [6, 6.07) is 14.3. The number of amides is 1. The summed E-state index contributed by atoms with van der Waals surface area (Å²) < 4.78 is 24.2. The number of nitrogens with one attached hydrogen (secondary N) is 1. The second-order valence-corrected chi connectivity index (χ2v) is 8.56. The fraction of sp³-hybridized carbons (Fsp3) is 0.316. The number of rotatable bonds is 6. The van der Waals surface area contributed by atoms with Crippen molar-refractivity contribution in [1.82, 2.24) is 5.32 Å². The number of hydrogen-bond donors (Lipinski definition) is 1. The molecule has 0 aliphatic carbocycles. The topological polar surface area (TPSA) is 63.2 Å². The maximum absolute atomic E-state index is 12.1. The third-order valence-electron chi connectivity index (χ3n) is 3.96. The van der Waals surface area contributed by atoms with E-state index in [1.807, 2.05) is 25.1 Å². The van der Waals surface area contributed by atoms with Gasteiger partial charge in [0.15, 0.2) is 9.84 Å². The van der Waals surface area contributed by atoms with Gasteiger partial charge in [0.05, 0.1) is 10.1 Å². The number of aryl methyl sites for hydroxylation is 1. The Kier molecular flexibility index (Phi) is 5.78. The standard InChI is InChI=1S/C19H23NO3S/c1-14(2)24(22,23)17-10-8-16(9-11-17)12-13-20-19(21)18-7-5-4-6-15(18)3/h4-11,14H,12-13H2,1-3H3,(H,20,21). The number of carbonyl (C=O) groups excluding carboxylic acids is 1. The number of benzene rings is 2. The van der Waals surface area contributed by atoms with Crippen molar-refractivity contribution < 1.29 is 13.2 Å². The van der Waals surface area contributed by atoms with Gasteiger partial charge in [0.2, 0.25) is 0 Å². The van der Waals surface area contributed by atoms with E-state index < -0.39 is 15.1 Å². The molecule has 24 heavy (non-hydrogen) atoms. The van der Waals surface area contributed by atoms with E-state index in [0.29, 0.717) is 23.4 Å². The molecule has 0 radical (unpaired) electrons. The lowest BCUT2D eigenvalue weighted by atomic mass is 10.1. The van der Waals surface area contributed by atoms with E-state index in [1.165, 1.54) is 0 Å². The molecule has 2 aromatic carbocycles. The molecule has 0 aliphatic heterocycles. The van der Waals surface area contributed by atoms with Crippen molar-refractivity contribution in [1.29, 1.82) is 0 Å². The molecule has 0 bridgehead atoms. The fourth-order valence-electron chi connectivity index (χ4n) is 2.36. The maximum Gasteiger partial charge on any atom is 0.251 e. The van der Waals surface area contributed by atoms with E-state index in [-0.39, 0.29) is 5.91 Å². The molecule has 2 aromatic rings. The Morgan fingerprint density at radius 2 is 1.67 bits per heavy atom. The van der Waals surface area contributed by atoms with Gasteiger partial charge in [-0.15, -0.1) is 0 Å². The third-order valence-corrected chi connectivity index (χ3v) is 6.13. The summed E-state index contributed by atoms with van der Waals surface area (Å²) in [7, 11) is -3.24. The summed E-state index contributed by atoms with van der Waals surface area (Å²) in [5.41, 5.74) is 2.61. The second kappa shape index (κ2) is 7.62. The Balaban J connectivity index is 1.94. The van der Waals surface area contributed by atoms with Gasteiger partial charge in [-0.1, -0.05) is 30.3 Å². The molecule has 0 atom stereocenters. The smallest absolute Gasteiger partial charge is 0.251 e. The molecule has 0 aromatic heterocycles. The normalized spacial score (nSPS) is 11.5. The van der Waals surface area contributed by atoms with Crippen LogP contribution >= 0.6 is 0 Å². The molecule has 0 heterocycles. The van der Waals surface area contributed by atoms with Gasteiger partial charge in [0.1, 0.15) is 0 Å². The van der Waals surface area contributed by atoms with E-state index in [9.17, 15) is 13.2 Å². The zero-order chi connectivity index (χ0) is 17.7. The highest BCUT2D eigenvalue weighted by Crippen LogP contribution is 2.16. The Labute approximate surface area is 143 Å². The van der Waals surface area contributed by atoms with Crippen molar-refractivity contribution in [3.8, 4) is 0 Å². The average Bonchev–Trinajstić information content (AvgIpc) is 2.55. The summed E-state index contributed by atoms with van der Waals surface area (Å²) in [5.74, 6) is -0.0906. The minimum atomic E-state index is -3.24. The van der Waals surface area contributed by atoms with Crippen LogP contribution in [0.2, 0.25) is 0 Å². The van der Waals surface area contributed by atoms with Crippen molar-refractivity contribution >= 4 is 15.7 Å². The molecule has 5 heteroatoms. The van der Waals surface area contributed by atoms with Crippen LogP contribution in [-0.4, -0.2) is 26.1 Å². The van der Waals surface area contributed by atoms with Gasteiger partial charge in [-0.2, -0.15) is 0 Å². The van der Waals surface area contributed by atoms with Crippen molar-refractivity contribution in [2.45, 2.75) is 37.3 Å². The molecular formula is C19H23NO3S. The van der Waals surface area contributed by atoms with Crippen LogP contribution in [0.3, 0.4) is 0 Å². The van der Waals surface area contributed by atoms with Crippen LogP contribution in [-0.2, 0) is 16.3 Å². The molecule has 1 amide bonds. The van der Waals surface area contributed by atoms with Gasteiger partial charge in [0.25, 0.3) is 5.91 Å². The minimum Gasteiger partial charge on any atom is -0.352 e. The number of sulfone groups is 1. The highest BCUT2D eigenvalue weighted by molar-refractivity contribution is 7.92. The largest absolute Gasteiger partial charge is 0.352 e. The Morgan fingerprint density at radius 3 is 2.25 bits per heavy atom. The van der Waals surface area contributed by atoms with Crippen LogP contribution in [0.1, 0.15) is 35.3 Å². The molecule has 0 saturated carbocycles. The molecule has 0 unspecified atom stereocenters. The lowest BCUT2D eigenvalue weighted by Gasteiger charge is -2.10. The SMILES string of the molecule is Cc1ccccc1C(=O)NCCc1ccc(S(=O)(=O)C(C)C)cc1. The zero-order valence-electron chi connectivity index (χ0n) is 14.2. The maximum atomic E-state index is 12.1. The van der Waals surface area contributed by atoms with Crippen LogP contribution in [0, 0.1) is 6.92 Å². The average molecular weight is 345 g/mol. The molecule has 128 valence electrons. The first-order chi connectivity index (χ1) is 11.3. The second-order valence-electron chi connectivity index (χ2n) is 6.06. The van der Waals surface area contributed by atoms with Crippen LogP contribution in [0.5, 0.6) is 0 Å². The van der Waals surface area contributed by atoms with Crippen LogP contribution in [0.25, 0.3) is 0 Å². The lowest BCUT2D eigenvalue weighted by molar-refractivity contribution is 0.0953. The highest BCUT2D eigenvalue weighted by Gasteiger charge is 2.18. The Morgan fingerprint density at radius 1 is 1.04 bits per heavy atom. The molecule has 2 rings (SSSR count). The first kappa shape index (κ1) is 18.2. The van der Waals surface area contributed by atoms with Gasteiger partial charge in [0, 0.05) is 12.1 Å². The van der Waals surface area contributed by atoms with Crippen molar-refractivity contribution in [3.63, 3.8) is 0 Å². The predicted octanol–water partition coefficient (Wildman–Crippen LogP) is 3.15.